The van der Waals surface area contributed by atoms with Crippen LogP contribution >= 0.6 is 11.6 Å². The number of nitrogens with zero attached hydrogens (tertiary/aromatic N) is 1. The van der Waals surface area contributed by atoms with Crippen LogP contribution in [0.25, 0.3) is 10.9 Å². The molecular weight excluding hydrogens is 333 g/mol. The lowest BCUT2D eigenvalue weighted by molar-refractivity contribution is 0.0467. The van der Waals surface area contributed by atoms with Crippen molar-refractivity contribution in [2.24, 2.45) is 0 Å². The number of carbonyl (C=O) groups excluding carboxylic acids is 1. The summed E-state index contributed by atoms with van der Waals surface area (Å²) < 4.78 is 23.9. The van der Waals surface area contributed by atoms with Gasteiger partial charge in [0.2, 0.25) is 0 Å². The van der Waals surface area contributed by atoms with Gasteiger partial charge in [-0.2, -0.15) is 0 Å². The van der Waals surface area contributed by atoms with Crippen molar-refractivity contribution in [1.82, 2.24) is 4.98 Å². The lowest BCUT2D eigenvalue weighted by Gasteiger charge is -2.09. The molecular formula is C18H13ClFNO3. The summed E-state index contributed by atoms with van der Waals surface area (Å²) in [4.78, 5) is 16.3. The summed E-state index contributed by atoms with van der Waals surface area (Å²) in [6.45, 7) is -0.0963. The van der Waals surface area contributed by atoms with Crippen molar-refractivity contribution in [3.05, 3.63) is 70.6 Å². The van der Waals surface area contributed by atoms with Gasteiger partial charge in [0, 0.05) is 17.0 Å². The van der Waals surface area contributed by atoms with E-state index >= 15 is 0 Å². The van der Waals surface area contributed by atoms with E-state index in [0.29, 0.717) is 11.3 Å². The van der Waals surface area contributed by atoms with E-state index in [1.165, 1.54) is 19.2 Å². The molecule has 0 aliphatic heterocycles. The molecule has 0 spiro atoms. The lowest BCUT2D eigenvalue weighted by Crippen LogP contribution is -2.08. The number of hydrogen-bond acceptors (Lipinski definition) is 4. The normalized spacial score (nSPS) is 10.6. The van der Waals surface area contributed by atoms with Gasteiger partial charge in [-0.3, -0.25) is 0 Å². The number of halogens is 2. The average Bonchev–Trinajstić information content (AvgIpc) is 2.59. The molecule has 0 unspecified atom stereocenters. The molecule has 0 N–H and O–H groups in total. The molecule has 24 heavy (non-hydrogen) atoms. The molecule has 0 bridgehead atoms. The molecule has 0 radical (unpaired) electrons. The largest absolute Gasteiger partial charge is 0.497 e. The molecule has 1 aromatic heterocycles. The Morgan fingerprint density at radius 3 is 2.75 bits per heavy atom. The number of carbonyl (C=O) groups is 1. The van der Waals surface area contributed by atoms with Crippen molar-refractivity contribution in [2.75, 3.05) is 7.11 Å². The second-order valence-corrected chi connectivity index (χ2v) is 5.41. The molecule has 0 aliphatic rings. The van der Waals surface area contributed by atoms with Gasteiger partial charge in [-0.15, -0.1) is 0 Å². The fourth-order valence-electron chi connectivity index (χ4n) is 2.25. The number of fused-ring (bicyclic) bond motifs is 1. The first-order valence-corrected chi connectivity index (χ1v) is 7.51. The Bertz CT molecular complexity index is 914. The molecule has 0 fully saturated rings. The topological polar surface area (TPSA) is 48.4 Å². The van der Waals surface area contributed by atoms with Gasteiger partial charge in [0.15, 0.2) is 0 Å². The van der Waals surface area contributed by atoms with Crippen molar-refractivity contribution in [2.45, 2.75) is 6.61 Å². The highest BCUT2D eigenvalue weighted by molar-refractivity contribution is 6.30. The maximum atomic E-state index is 13.9. The standard InChI is InChI=1S/C18H13ClFNO3/c1-23-13-6-7-14(15(20)9-13)18(22)24-10-12-8-11-4-2-3-5-16(11)21-17(12)19/h2-9H,10H2,1H3. The summed E-state index contributed by atoms with van der Waals surface area (Å²) in [5.41, 5.74) is 1.14. The maximum Gasteiger partial charge on any atom is 0.341 e. The van der Waals surface area contributed by atoms with E-state index in [-0.39, 0.29) is 17.3 Å². The van der Waals surface area contributed by atoms with Gasteiger partial charge < -0.3 is 9.47 Å². The zero-order chi connectivity index (χ0) is 17.1. The highest BCUT2D eigenvalue weighted by Gasteiger charge is 2.15. The van der Waals surface area contributed by atoms with Crippen LogP contribution in [0.1, 0.15) is 15.9 Å². The van der Waals surface area contributed by atoms with Crippen LogP contribution in [0, 0.1) is 5.82 Å². The number of methoxy groups -OCH3 is 1. The minimum Gasteiger partial charge on any atom is -0.497 e. The van der Waals surface area contributed by atoms with Crippen molar-refractivity contribution in [1.29, 1.82) is 0 Å². The number of hydrogen-bond donors (Lipinski definition) is 0. The van der Waals surface area contributed by atoms with E-state index in [4.69, 9.17) is 21.1 Å². The minimum atomic E-state index is -0.778. The first kappa shape index (κ1) is 16.2. The van der Waals surface area contributed by atoms with Crippen molar-refractivity contribution in [3.63, 3.8) is 0 Å². The highest BCUT2D eigenvalue weighted by atomic mass is 35.5. The second-order valence-electron chi connectivity index (χ2n) is 5.05. The minimum absolute atomic E-state index is 0.0963. The van der Waals surface area contributed by atoms with E-state index in [2.05, 4.69) is 4.98 Å². The average molecular weight is 346 g/mol. The fraction of sp³-hybridized carbons (Fsp3) is 0.111. The molecule has 3 aromatic rings. The van der Waals surface area contributed by atoms with E-state index in [1.807, 2.05) is 24.3 Å². The molecule has 0 amide bonds. The predicted octanol–water partition coefficient (Wildman–Crippen LogP) is 4.39. The number of pyridine rings is 1. The summed E-state index contributed by atoms with van der Waals surface area (Å²) in [6.07, 6.45) is 0. The number of rotatable bonds is 4. The number of ether oxygens (including phenoxy) is 2. The Balaban J connectivity index is 1.78. The van der Waals surface area contributed by atoms with Gasteiger partial charge in [0.25, 0.3) is 0 Å². The predicted molar refractivity (Wildman–Crippen MR) is 88.8 cm³/mol. The molecule has 6 heteroatoms. The molecule has 0 aliphatic carbocycles. The quantitative estimate of drug-likeness (QED) is 0.519. The summed E-state index contributed by atoms with van der Waals surface area (Å²) >= 11 is 6.11. The third-order valence-electron chi connectivity index (χ3n) is 3.51. The number of esters is 1. The summed E-state index contributed by atoms with van der Waals surface area (Å²) in [5.74, 6) is -1.16. The summed E-state index contributed by atoms with van der Waals surface area (Å²) in [6, 6.07) is 13.2. The zero-order valence-corrected chi connectivity index (χ0v) is 13.5. The van der Waals surface area contributed by atoms with E-state index in [0.717, 1.165) is 17.0 Å². The summed E-state index contributed by atoms with van der Waals surface area (Å²) in [7, 11) is 1.42. The molecule has 2 aromatic carbocycles. The zero-order valence-electron chi connectivity index (χ0n) is 12.8. The third kappa shape index (κ3) is 3.31. The van der Waals surface area contributed by atoms with E-state index in [9.17, 15) is 9.18 Å². The second kappa shape index (κ2) is 6.84. The van der Waals surface area contributed by atoms with Crippen LogP contribution in [0.15, 0.2) is 48.5 Å². The van der Waals surface area contributed by atoms with Crippen molar-refractivity contribution in [3.8, 4) is 5.75 Å². The van der Waals surface area contributed by atoms with Crippen molar-refractivity contribution < 1.29 is 18.7 Å². The fourth-order valence-corrected chi connectivity index (χ4v) is 2.45. The molecule has 4 nitrogen and oxygen atoms in total. The molecule has 0 atom stereocenters. The Kier molecular flexibility index (Phi) is 4.62. The van der Waals surface area contributed by atoms with Gasteiger partial charge in [0.1, 0.15) is 23.3 Å². The van der Waals surface area contributed by atoms with Crippen LogP contribution in [-0.4, -0.2) is 18.1 Å². The SMILES string of the molecule is COc1ccc(C(=O)OCc2cc3ccccc3nc2Cl)c(F)c1. The third-order valence-corrected chi connectivity index (χ3v) is 3.83. The Hall–Kier alpha value is -2.66. The van der Waals surface area contributed by atoms with Crippen LogP contribution in [0.2, 0.25) is 5.15 Å². The van der Waals surface area contributed by atoms with E-state index < -0.39 is 11.8 Å². The van der Waals surface area contributed by atoms with Gasteiger partial charge in [-0.05, 0) is 24.3 Å². The lowest BCUT2D eigenvalue weighted by atomic mass is 10.1. The van der Waals surface area contributed by atoms with Crippen LogP contribution in [-0.2, 0) is 11.3 Å². The first-order valence-electron chi connectivity index (χ1n) is 7.13. The molecule has 122 valence electrons. The van der Waals surface area contributed by atoms with Gasteiger partial charge in [-0.25, -0.2) is 14.2 Å². The number of para-hydroxylation sites is 1. The van der Waals surface area contributed by atoms with Gasteiger partial charge in [0.05, 0.1) is 18.2 Å². The van der Waals surface area contributed by atoms with Crippen LogP contribution in [0.4, 0.5) is 4.39 Å². The molecule has 0 saturated carbocycles. The van der Waals surface area contributed by atoms with Crippen molar-refractivity contribution >= 4 is 28.5 Å². The monoisotopic (exact) mass is 345 g/mol. The smallest absolute Gasteiger partial charge is 0.341 e. The summed E-state index contributed by atoms with van der Waals surface area (Å²) in [5, 5.41) is 1.13. The maximum absolute atomic E-state index is 13.9. The first-order chi connectivity index (χ1) is 11.6. The van der Waals surface area contributed by atoms with Crippen LogP contribution < -0.4 is 4.74 Å². The van der Waals surface area contributed by atoms with Crippen LogP contribution in [0.3, 0.4) is 0 Å². The molecule has 0 saturated heterocycles. The van der Waals surface area contributed by atoms with Crippen LogP contribution in [0.5, 0.6) is 5.75 Å². The number of benzene rings is 2. The van der Waals surface area contributed by atoms with Gasteiger partial charge in [-0.1, -0.05) is 29.8 Å². The highest BCUT2D eigenvalue weighted by Crippen LogP contribution is 2.22. The molecule has 1 heterocycles. The van der Waals surface area contributed by atoms with Gasteiger partial charge >= 0.3 is 5.97 Å². The molecule has 3 rings (SSSR count). The number of aromatic nitrogens is 1. The Labute approximate surface area is 142 Å². The Morgan fingerprint density at radius 1 is 1.21 bits per heavy atom. The Morgan fingerprint density at radius 2 is 2.00 bits per heavy atom. The van der Waals surface area contributed by atoms with E-state index in [1.54, 1.807) is 6.07 Å².